The molecule has 0 spiro atoms. The van der Waals surface area contributed by atoms with Gasteiger partial charge in [0.15, 0.2) is 5.69 Å². The Morgan fingerprint density at radius 2 is 2.19 bits per heavy atom. The van der Waals surface area contributed by atoms with E-state index in [1.54, 1.807) is 6.07 Å². The van der Waals surface area contributed by atoms with Gasteiger partial charge in [0, 0.05) is 11.1 Å². The van der Waals surface area contributed by atoms with Gasteiger partial charge in [0.2, 0.25) is 0 Å². The van der Waals surface area contributed by atoms with Crippen molar-refractivity contribution in [3.05, 3.63) is 45.1 Å². The Labute approximate surface area is 120 Å². The minimum Gasteiger partial charge on any atom is -0.308 e. The van der Waals surface area contributed by atoms with Crippen LogP contribution in [0.25, 0.3) is 10.2 Å². The molecule has 0 aromatic carbocycles. The number of aromatic amines is 1. The molecule has 3 heterocycles. The molecule has 9 heteroatoms. The molecule has 110 valence electrons. The third kappa shape index (κ3) is 2.68. The molecule has 3 aromatic rings. The zero-order chi connectivity index (χ0) is 15.2. The predicted molar refractivity (Wildman–Crippen MR) is 71.3 cm³/mol. The van der Waals surface area contributed by atoms with Gasteiger partial charge in [-0.05, 0) is 19.1 Å². The van der Waals surface area contributed by atoms with Gasteiger partial charge in [-0.25, -0.2) is 4.98 Å². The summed E-state index contributed by atoms with van der Waals surface area (Å²) in [5.74, 6) is 0.270. The van der Waals surface area contributed by atoms with Gasteiger partial charge in [0.25, 0.3) is 5.56 Å². The Bertz CT molecular complexity index is 861. The predicted octanol–water partition coefficient (Wildman–Crippen LogP) is 2.56. The highest BCUT2D eigenvalue weighted by Gasteiger charge is 2.33. The molecule has 1 N–H and O–H groups in total. The zero-order valence-corrected chi connectivity index (χ0v) is 11.5. The van der Waals surface area contributed by atoms with Crippen LogP contribution in [0.2, 0.25) is 0 Å². The molecular weight excluding hydrogens is 305 g/mol. The summed E-state index contributed by atoms with van der Waals surface area (Å²) in [6, 6.07) is 2.61. The number of nitrogens with zero attached hydrogens (tertiary/aromatic N) is 3. The number of thiophene rings is 1. The van der Waals surface area contributed by atoms with E-state index < -0.39 is 11.9 Å². The van der Waals surface area contributed by atoms with Crippen LogP contribution in [0.15, 0.2) is 23.1 Å². The van der Waals surface area contributed by atoms with E-state index in [1.165, 1.54) is 17.5 Å². The molecule has 0 radical (unpaired) electrons. The lowest BCUT2D eigenvalue weighted by Gasteiger charge is -2.03. The van der Waals surface area contributed by atoms with Crippen molar-refractivity contribution in [2.45, 2.75) is 19.6 Å². The van der Waals surface area contributed by atoms with E-state index >= 15 is 0 Å². The summed E-state index contributed by atoms with van der Waals surface area (Å²) in [5, 5.41) is 3.91. The average Bonchev–Trinajstić information content (AvgIpc) is 2.95. The quantitative estimate of drug-likeness (QED) is 0.790. The summed E-state index contributed by atoms with van der Waals surface area (Å²) in [4.78, 5) is 20.2. The third-order valence-corrected chi connectivity index (χ3v) is 3.76. The summed E-state index contributed by atoms with van der Waals surface area (Å²) in [5.41, 5.74) is -1.28. The monoisotopic (exact) mass is 314 g/mol. The number of halogens is 3. The Morgan fingerprint density at radius 3 is 2.86 bits per heavy atom. The maximum Gasteiger partial charge on any atom is 0.435 e. The first-order chi connectivity index (χ1) is 9.83. The zero-order valence-electron chi connectivity index (χ0n) is 10.7. The van der Waals surface area contributed by atoms with Gasteiger partial charge in [0.1, 0.15) is 10.7 Å². The number of hydrogen-bond acceptors (Lipinski definition) is 4. The molecule has 3 rings (SSSR count). The van der Waals surface area contributed by atoms with Crippen LogP contribution >= 0.6 is 11.3 Å². The normalized spacial score (nSPS) is 12.2. The van der Waals surface area contributed by atoms with Crippen LogP contribution in [-0.2, 0) is 12.7 Å². The second-order valence-corrected chi connectivity index (χ2v) is 5.72. The topological polar surface area (TPSA) is 63.6 Å². The van der Waals surface area contributed by atoms with Crippen molar-refractivity contribution in [1.82, 2.24) is 19.7 Å². The first-order valence-corrected chi connectivity index (χ1v) is 6.74. The Hall–Kier alpha value is -2.16. The van der Waals surface area contributed by atoms with Crippen molar-refractivity contribution in [2.75, 3.05) is 0 Å². The molecule has 0 atom stereocenters. The van der Waals surface area contributed by atoms with E-state index in [1.807, 2.05) is 6.92 Å². The van der Waals surface area contributed by atoms with Crippen LogP contribution in [0.4, 0.5) is 13.2 Å². The lowest BCUT2D eigenvalue weighted by atomic mass is 10.4. The maximum atomic E-state index is 12.5. The number of rotatable bonds is 2. The highest BCUT2D eigenvalue weighted by atomic mass is 32.1. The van der Waals surface area contributed by atoms with Gasteiger partial charge < -0.3 is 4.98 Å². The first kappa shape index (κ1) is 13.8. The van der Waals surface area contributed by atoms with Crippen molar-refractivity contribution in [1.29, 1.82) is 0 Å². The molecule has 0 fully saturated rings. The van der Waals surface area contributed by atoms with Crippen LogP contribution in [0, 0.1) is 6.92 Å². The smallest absolute Gasteiger partial charge is 0.308 e. The second kappa shape index (κ2) is 4.69. The van der Waals surface area contributed by atoms with Crippen LogP contribution in [0.1, 0.15) is 16.4 Å². The lowest BCUT2D eigenvalue weighted by molar-refractivity contribution is -0.141. The minimum absolute atomic E-state index is 0.0296. The molecular formula is C12H9F3N4OS. The van der Waals surface area contributed by atoms with E-state index in [-0.39, 0.29) is 17.9 Å². The first-order valence-electron chi connectivity index (χ1n) is 5.93. The largest absolute Gasteiger partial charge is 0.435 e. The number of alkyl halides is 3. The summed E-state index contributed by atoms with van der Waals surface area (Å²) in [7, 11) is 0. The highest BCUT2D eigenvalue weighted by Crippen LogP contribution is 2.27. The second-order valence-electron chi connectivity index (χ2n) is 4.48. The van der Waals surface area contributed by atoms with Gasteiger partial charge in [-0.15, -0.1) is 11.3 Å². The molecule has 0 aliphatic carbocycles. The molecule has 0 unspecified atom stereocenters. The number of hydrogen-bond donors (Lipinski definition) is 1. The van der Waals surface area contributed by atoms with Crippen molar-refractivity contribution in [3.63, 3.8) is 0 Å². The fourth-order valence-electron chi connectivity index (χ4n) is 1.93. The summed E-state index contributed by atoms with van der Waals surface area (Å²) in [6.45, 7) is 1.83. The van der Waals surface area contributed by atoms with Crippen molar-refractivity contribution in [2.24, 2.45) is 0 Å². The Balaban J connectivity index is 1.94. The molecule has 0 amide bonds. The molecule has 5 nitrogen and oxygen atoms in total. The van der Waals surface area contributed by atoms with Crippen molar-refractivity contribution < 1.29 is 13.2 Å². The number of aryl methyl sites for hydroxylation is 1. The van der Waals surface area contributed by atoms with Crippen LogP contribution in [-0.4, -0.2) is 19.7 Å². The molecule has 21 heavy (non-hydrogen) atoms. The fourth-order valence-corrected chi connectivity index (χ4v) is 2.82. The number of nitrogens with one attached hydrogen (secondary N) is 1. The van der Waals surface area contributed by atoms with Crippen molar-refractivity contribution in [3.8, 4) is 0 Å². The standard InChI is InChI=1S/C12H9F3N4OS/c1-6-4-7-10(20)16-9(17-11(7)21-6)5-19-3-2-8(18-19)12(13,14)15/h2-4H,5H2,1H3,(H,16,17,20). The van der Waals surface area contributed by atoms with Gasteiger partial charge in [0.05, 0.1) is 11.9 Å². The molecule has 0 saturated heterocycles. The SMILES string of the molecule is Cc1cc2c(=O)[nH]c(Cn3ccc(C(F)(F)F)n3)nc2s1. The molecule has 3 aromatic heterocycles. The minimum atomic E-state index is -4.49. The molecule has 0 saturated carbocycles. The summed E-state index contributed by atoms with van der Waals surface area (Å²) < 4.78 is 38.5. The van der Waals surface area contributed by atoms with E-state index in [2.05, 4.69) is 15.1 Å². The molecule has 0 aliphatic heterocycles. The van der Waals surface area contributed by atoms with E-state index in [4.69, 9.17) is 0 Å². The van der Waals surface area contributed by atoms with Gasteiger partial charge in [-0.3, -0.25) is 9.48 Å². The van der Waals surface area contributed by atoms with E-state index in [0.717, 1.165) is 15.6 Å². The number of fused-ring (bicyclic) bond motifs is 1. The van der Waals surface area contributed by atoms with Crippen LogP contribution in [0.3, 0.4) is 0 Å². The van der Waals surface area contributed by atoms with Crippen LogP contribution in [0.5, 0.6) is 0 Å². The average molecular weight is 314 g/mol. The Morgan fingerprint density at radius 1 is 1.43 bits per heavy atom. The maximum absolute atomic E-state index is 12.5. The third-order valence-electron chi connectivity index (χ3n) is 2.82. The summed E-state index contributed by atoms with van der Waals surface area (Å²) >= 11 is 1.36. The van der Waals surface area contributed by atoms with Crippen molar-refractivity contribution >= 4 is 21.6 Å². The molecule has 0 bridgehead atoms. The van der Waals surface area contributed by atoms with Gasteiger partial charge in [-0.1, -0.05) is 0 Å². The van der Waals surface area contributed by atoms with Gasteiger partial charge >= 0.3 is 6.18 Å². The van der Waals surface area contributed by atoms with Crippen LogP contribution < -0.4 is 5.56 Å². The van der Waals surface area contributed by atoms with E-state index in [9.17, 15) is 18.0 Å². The lowest BCUT2D eigenvalue weighted by Crippen LogP contribution is -2.14. The number of H-pyrrole nitrogens is 1. The highest BCUT2D eigenvalue weighted by molar-refractivity contribution is 7.18. The summed E-state index contributed by atoms with van der Waals surface area (Å²) in [6.07, 6.45) is -3.28. The fraction of sp³-hybridized carbons (Fsp3) is 0.250. The Kier molecular flexibility index (Phi) is 3.08. The van der Waals surface area contributed by atoms with Gasteiger partial charge in [-0.2, -0.15) is 18.3 Å². The van der Waals surface area contributed by atoms with E-state index in [0.29, 0.717) is 10.2 Å². The number of aromatic nitrogens is 4. The molecule has 0 aliphatic rings.